The Bertz CT molecular complexity index is 809. The summed E-state index contributed by atoms with van der Waals surface area (Å²) in [5, 5.41) is 10.1. The van der Waals surface area contributed by atoms with Gasteiger partial charge in [-0.2, -0.15) is 0 Å². The van der Waals surface area contributed by atoms with Gasteiger partial charge in [0.2, 0.25) is 0 Å². The van der Waals surface area contributed by atoms with Gasteiger partial charge in [0.05, 0.1) is 12.7 Å². The van der Waals surface area contributed by atoms with Gasteiger partial charge in [0.25, 0.3) is 0 Å². The minimum Gasteiger partial charge on any atom is -0.497 e. The van der Waals surface area contributed by atoms with Crippen molar-refractivity contribution in [2.24, 2.45) is 4.99 Å². The lowest BCUT2D eigenvalue weighted by molar-refractivity contribution is 0.0697. The Balaban J connectivity index is 1.85. The molecule has 1 N–H and O–H groups in total. The molecule has 0 amide bonds. The van der Waals surface area contributed by atoms with E-state index in [1.165, 1.54) is 16.9 Å². The molecule has 0 radical (unpaired) electrons. The van der Waals surface area contributed by atoms with Crippen molar-refractivity contribution < 1.29 is 14.6 Å². The van der Waals surface area contributed by atoms with Gasteiger partial charge in [-0.1, -0.05) is 12.1 Å². The quantitative estimate of drug-likeness (QED) is 0.861. The van der Waals surface area contributed by atoms with Crippen LogP contribution < -0.4 is 4.74 Å². The number of rotatable bonds is 5. The number of likely N-dealkylation sites (tertiary alicyclic amines) is 1. The van der Waals surface area contributed by atoms with E-state index in [1.807, 2.05) is 26.0 Å². The van der Waals surface area contributed by atoms with Crippen LogP contribution in [0.3, 0.4) is 0 Å². The molecule has 0 spiro atoms. The van der Waals surface area contributed by atoms with Gasteiger partial charge >= 0.3 is 5.97 Å². The van der Waals surface area contributed by atoms with E-state index >= 15 is 0 Å². The molecule has 0 unspecified atom stereocenters. The molecule has 2 aromatic rings. The van der Waals surface area contributed by atoms with E-state index in [0.717, 1.165) is 48.0 Å². The number of aryl methyl sites for hydroxylation is 1. The van der Waals surface area contributed by atoms with Gasteiger partial charge in [-0.3, -0.25) is 0 Å². The van der Waals surface area contributed by atoms with Gasteiger partial charge in [-0.15, -0.1) is 11.3 Å². The second-order valence-corrected chi connectivity index (χ2v) is 7.37. The first-order valence-electron chi connectivity index (χ1n) is 8.28. The summed E-state index contributed by atoms with van der Waals surface area (Å²) in [7, 11) is 1.66. The first-order valence-corrected chi connectivity index (χ1v) is 9.10. The average Bonchev–Trinajstić information content (AvgIpc) is 3.13. The Morgan fingerprint density at radius 1 is 1.32 bits per heavy atom. The number of hydrogen-bond acceptors (Lipinski definition) is 4. The van der Waals surface area contributed by atoms with E-state index in [1.54, 1.807) is 7.11 Å². The number of ether oxygens (including phenoxy) is 1. The summed E-state index contributed by atoms with van der Waals surface area (Å²) in [5.41, 5.74) is 2.34. The maximum Gasteiger partial charge on any atom is 0.339 e. The molecule has 1 aromatic carbocycles. The molecular formula is C19H22N2O3S. The van der Waals surface area contributed by atoms with Gasteiger partial charge in [-0.05, 0) is 43.5 Å². The third-order valence-corrected chi connectivity index (χ3v) is 5.64. The largest absolute Gasteiger partial charge is 0.497 e. The predicted octanol–water partition coefficient (Wildman–Crippen LogP) is 4.40. The predicted molar refractivity (Wildman–Crippen MR) is 100 cm³/mol. The van der Waals surface area contributed by atoms with Crippen LogP contribution in [0.2, 0.25) is 0 Å². The second kappa shape index (κ2) is 7.27. The number of amidine groups is 1. The van der Waals surface area contributed by atoms with Crippen LogP contribution >= 0.6 is 11.3 Å². The van der Waals surface area contributed by atoms with Gasteiger partial charge in [0.15, 0.2) is 0 Å². The third kappa shape index (κ3) is 3.69. The number of carboxylic acids is 1. The molecule has 1 saturated heterocycles. The maximum absolute atomic E-state index is 11.6. The van der Waals surface area contributed by atoms with Crippen LogP contribution in [0, 0.1) is 13.8 Å². The highest BCUT2D eigenvalue weighted by atomic mass is 32.1. The van der Waals surface area contributed by atoms with Gasteiger partial charge < -0.3 is 14.7 Å². The van der Waals surface area contributed by atoms with Crippen molar-refractivity contribution in [3.8, 4) is 5.75 Å². The van der Waals surface area contributed by atoms with Gasteiger partial charge in [-0.25, -0.2) is 9.79 Å². The van der Waals surface area contributed by atoms with Crippen molar-refractivity contribution in [3.63, 3.8) is 0 Å². The summed E-state index contributed by atoms with van der Waals surface area (Å²) >= 11 is 1.46. The summed E-state index contributed by atoms with van der Waals surface area (Å²) in [6.07, 6.45) is 1.92. The fourth-order valence-electron chi connectivity index (χ4n) is 3.02. The van der Waals surface area contributed by atoms with Crippen LogP contribution in [-0.2, 0) is 6.54 Å². The Kier molecular flexibility index (Phi) is 5.08. The van der Waals surface area contributed by atoms with Crippen molar-refractivity contribution in [2.75, 3.05) is 13.7 Å². The monoisotopic (exact) mass is 358 g/mol. The SMILES string of the molecule is COc1ccc(CN2CCCC2=Nc2sc(C)c(C)c2C(=O)O)cc1. The van der Waals surface area contributed by atoms with E-state index in [9.17, 15) is 9.90 Å². The van der Waals surface area contributed by atoms with Crippen LogP contribution in [-0.4, -0.2) is 35.5 Å². The number of thiophene rings is 1. The number of benzene rings is 1. The van der Waals surface area contributed by atoms with Crippen LogP contribution in [0.25, 0.3) is 0 Å². The number of carboxylic acid groups (broad SMARTS) is 1. The summed E-state index contributed by atoms with van der Waals surface area (Å²) in [4.78, 5) is 19.5. The van der Waals surface area contributed by atoms with E-state index in [-0.39, 0.29) is 0 Å². The number of aromatic carboxylic acids is 1. The van der Waals surface area contributed by atoms with Crippen molar-refractivity contribution in [1.29, 1.82) is 0 Å². The first-order chi connectivity index (χ1) is 12.0. The molecule has 1 aromatic heterocycles. The number of methoxy groups -OCH3 is 1. The highest BCUT2D eigenvalue weighted by Gasteiger charge is 2.23. The standard InChI is InChI=1S/C19H22N2O3S/c1-12-13(2)25-18(17(12)19(22)23)20-16-5-4-10-21(16)11-14-6-8-15(24-3)9-7-14/h6-9H,4-5,10-11H2,1-3H3,(H,22,23). The molecule has 6 heteroatoms. The van der Waals surface area contributed by atoms with E-state index < -0.39 is 5.97 Å². The topological polar surface area (TPSA) is 62.1 Å². The highest BCUT2D eigenvalue weighted by molar-refractivity contribution is 7.16. The van der Waals surface area contributed by atoms with Crippen LogP contribution in [0.1, 0.15) is 39.2 Å². The number of hydrogen-bond donors (Lipinski definition) is 1. The van der Waals surface area contributed by atoms with Crippen LogP contribution in [0.15, 0.2) is 29.3 Å². The fraction of sp³-hybridized carbons (Fsp3) is 0.368. The molecular weight excluding hydrogens is 336 g/mol. The molecule has 2 heterocycles. The zero-order valence-electron chi connectivity index (χ0n) is 14.7. The van der Waals surface area contributed by atoms with Crippen LogP contribution in [0.4, 0.5) is 5.00 Å². The normalized spacial score (nSPS) is 15.8. The average molecular weight is 358 g/mol. The van der Waals surface area contributed by atoms with Crippen molar-refractivity contribution >= 4 is 28.1 Å². The minimum atomic E-state index is -0.902. The molecule has 132 valence electrons. The molecule has 3 rings (SSSR count). The summed E-state index contributed by atoms with van der Waals surface area (Å²) in [6.45, 7) is 5.51. The number of carbonyl (C=O) groups is 1. The minimum absolute atomic E-state index is 0.339. The lowest BCUT2D eigenvalue weighted by atomic mass is 10.1. The molecule has 0 aliphatic carbocycles. The van der Waals surface area contributed by atoms with Crippen molar-refractivity contribution in [3.05, 3.63) is 45.8 Å². The van der Waals surface area contributed by atoms with Crippen molar-refractivity contribution in [1.82, 2.24) is 4.90 Å². The molecule has 1 fully saturated rings. The summed E-state index contributed by atoms with van der Waals surface area (Å²) < 4.78 is 5.20. The van der Waals surface area contributed by atoms with Crippen molar-refractivity contribution in [2.45, 2.75) is 33.2 Å². The second-order valence-electron chi connectivity index (χ2n) is 6.17. The lowest BCUT2D eigenvalue weighted by Crippen LogP contribution is -2.24. The van der Waals surface area contributed by atoms with E-state index in [4.69, 9.17) is 9.73 Å². The molecule has 25 heavy (non-hydrogen) atoms. The molecule has 0 atom stereocenters. The third-order valence-electron chi connectivity index (χ3n) is 4.54. The molecule has 1 aliphatic rings. The zero-order chi connectivity index (χ0) is 18.0. The summed E-state index contributed by atoms with van der Waals surface area (Å²) in [5.74, 6) is 0.912. The van der Waals surface area contributed by atoms with Gasteiger partial charge in [0.1, 0.15) is 16.6 Å². The number of aliphatic imine (C=N–C) groups is 1. The molecule has 5 nitrogen and oxygen atoms in total. The van der Waals surface area contributed by atoms with Gasteiger partial charge in [0, 0.05) is 24.4 Å². The fourth-order valence-corrected chi connectivity index (χ4v) is 4.06. The summed E-state index contributed by atoms with van der Waals surface area (Å²) in [6, 6.07) is 8.02. The van der Waals surface area contributed by atoms with E-state index in [0.29, 0.717) is 10.6 Å². The molecule has 0 bridgehead atoms. The smallest absolute Gasteiger partial charge is 0.339 e. The molecule has 1 aliphatic heterocycles. The maximum atomic E-state index is 11.6. The Morgan fingerprint density at radius 3 is 2.68 bits per heavy atom. The number of nitrogens with zero attached hydrogens (tertiary/aromatic N) is 2. The Hall–Kier alpha value is -2.34. The highest BCUT2D eigenvalue weighted by Crippen LogP contribution is 2.36. The van der Waals surface area contributed by atoms with Crippen LogP contribution in [0.5, 0.6) is 5.75 Å². The molecule has 0 saturated carbocycles. The Morgan fingerprint density at radius 2 is 2.04 bits per heavy atom. The van der Waals surface area contributed by atoms with E-state index in [2.05, 4.69) is 17.0 Å². The lowest BCUT2D eigenvalue weighted by Gasteiger charge is -2.19. The zero-order valence-corrected chi connectivity index (χ0v) is 15.5. The Labute approximate surface area is 151 Å². The first kappa shape index (κ1) is 17.5.